The predicted octanol–water partition coefficient (Wildman–Crippen LogP) is 0.439. The molecule has 0 saturated carbocycles. The summed E-state index contributed by atoms with van der Waals surface area (Å²) in [7, 11) is 0. The van der Waals surface area contributed by atoms with Crippen LogP contribution >= 0.6 is 0 Å². The highest BCUT2D eigenvalue weighted by atomic mass is 16.4. The van der Waals surface area contributed by atoms with Crippen molar-refractivity contribution < 1.29 is 9.90 Å². The number of rotatable bonds is 6. The number of carboxylic acid groups (broad SMARTS) is 1. The van der Waals surface area contributed by atoms with E-state index in [1.54, 1.807) is 23.5 Å². The largest absolute Gasteiger partial charge is 0.480 e. The van der Waals surface area contributed by atoms with Gasteiger partial charge in [0, 0.05) is 37.4 Å². The zero-order chi connectivity index (χ0) is 15.4. The Morgan fingerprint density at radius 1 is 1.32 bits per heavy atom. The maximum Gasteiger partial charge on any atom is 0.325 e. The number of piperidine rings is 1. The Bertz CT molecular complexity index is 609. The topological polar surface area (TPSA) is 89.1 Å². The summed E-state index contributed by atoms with van der Waals surface area (Å²) in [6.45, 7) is 3.76. The monoisotopic (exact) mass is 304 g/mol. The Balaban J connectivity index is 1.60. The number of likely N-dealkylation sites (tertiary alicyclic amines) is 1. The first-order valence-corrected chi connectivity index (χ1v) is 7.50. The first kappa shape index (κ1) is 14.7. The summed E-state index contributed by atoms with van der Waals surface area (Å²) in [5.41, 5.74) is 1.02. The van der Waals surface area contributed by atoms with E-state index in [2.05, 4.69) is 20.2 Å². The second-order valence-corrected chi connectivity index (χ2v) is 5.65. The molecule has 1 aliphatic heterocycles. The molecule has 0 unspecified atom stereocenters. The van der Waals surface area contributed by atoms with Gasteiger partial charge in [-0.25, -0.2) is 0 Å². The number of hydrogen-bond acceptors (Lipinski definition) is 5. The van der Waals surface area contributed by atoms with Crippen molar-refractivity contribution in [3.8, 4) is 0 Å². The van der Waals surface area contributed by atoms with Gasteiger partial charge < -0.3 is 14.6 Å². The van der Waals surface area contributed by atoms with Crippen LogP contribution < -0.4 is 0 Å². The van der Waals surface area contributed by atoms with Crippen LogP contribution in [-0.4, -0.2) is 60.2 Å². The molecule has 0 aromatic carbocycles. The predicted molar refractivity (Wildman–Crippen MR) is 78.3 cm³/mol. The summed E-state index contributed by atoms with van der Waals surface area (Å²) < 4.78 is 3.58. The summed E-state index contributed by atoms with van der Waals surface area (Å²) in [5.74, 6) is -0.512. The van der Waals surface area contributed by atoms with Crippen molar-refractivity contribution in [1.82, 2.24) is 29.4 Å². The minimum absolute atomic E-state index is 0.0699. The van der Waals surface area contributed by atoms with Crippen molar-refractivity contribution in [3.63, 3.8) is 0 Å². The first-order valence-electron chi connectivity index (χ1n) is 7.50. The van der Waals surface area contributed by atoms with Crippen LogP contribution in [0.15, 0.2) is 24.9 Å². The molecule has 8 heteroatoms. The second kappa shape index (κ2) is 6.69. The lowest BCUT2D eigenvalue weighted by atomic mass is 9.94. The maximum atomic E-state index is 10.9. The fraction of sp³-hybridized carbons (Fsp3) is 0.571. The van der Waals surface area contributed by atoms with Crippen LogP contribution in [0.25, 0.3) is 0 Å². The van der Waals surface area contributed by atoms with E-state index in [0.29, 0.717) is 5.92 Å². The molecule has 3 rings (SSSR count). The molecule has 1 atom stereocenters. The average Bonchev–Trinajstić information content (AvgIpc) is 3.16. The smallest absolute Gasteiger partial charge is 0.325 e. The van der Waals surface area contributed by atoms with Gasteiger partial charge in [0.05, 0.1) is 0 Å². The lowest BCUT2D eigenvalue weighted by Crippen LogP contribution is -2.37. The summed E-state index contributed by atoms with van der Waals surface area (Å²) in [6, 6.07) is 1.94. The zero-order valence-corrected chi connectivity index (χ0v) is 12.4. The summed E-state index contributed by atoms with van der Waals surface area (Å²) in [6.07, 6.45) is 7.33. The lowest BCUT2D eigenvalue weighted by molar-refractivity contribution is -0.137. The molecular formula is C14H20N6O2. The molecule has 1 saturated heterocycles. The van der Waals surface area contributed by atoms with Gasteiger partial charge in [0.15, 0.2) is 0 Å². The van der Waals surface area contributed by atoms with Gasteiger partial charge in [0.1, 0.15) is 19.2 Å². The van der Waals surface area contributed by atoms with E-state index in [0.717, 1.165) is 44.7 Å². The van der Waals surface area contributed by atoms with Crippen LogP contribution in [0.2, 0.25) is 0 Å². The molecule has 0 amide bonds. The van der Waals surface area contributed by atoms with E-state index in [1.165, 1.54) is 0 Å². The standard InChI is InChI=1S/C14H20N6O2/c21-14(22)9-20-13(3-4-17-20)12-2-1-5-18(8-12)6-7-19-10-15-16-11-19/h3-4,10-12H,1-2,5-9H2,(H,21,22)/t12-/m1/s1. The average molecular weight is 304 g/mol. The molecule has 0 radical (unpaired) electrons. The van der Waals surface area contributed by atoms with Crippen molar-refractivity contribution in [3.05, 3.63) is 30.6 Å². The molecule has 22 heavy (non-hydrogen) atoms. The van der Waals surface area contributed by atoms with Gasteiger partial charge >= 0.3 is 5.97 Å². The quantitative estimate of drug-likeness (QED) is 0.833. The molecule has 1 N–H and O–H groups in total. The van der Waals surface area contributed by atoms with E-state index >= 15 is 0 Å². The number of aromatic nitrogens is 5. The Labute approximate surface area is 128 Å². The van der Waals surface area contributed by atoms with Gasteiger partial charge in [0.25, 0.3) is 0 Å². The minimum Gasteiger partial charge on any atom is -0.480 e. The molecule has 0 aliphatic carbocycles. The van der Waals surface area contributed by atoms with Crippen LogP contribution in [-0.2, 0) is 17.9 Å². The van der Waals surface area contributed by atoms with Crippen LogP contribution in [0.1, 0.15) is 24.5 Å². The second-order valence-electron chi connectivity index (χ2n) is 5.65. The minimum atomic E-state index is -0.856. The number of aliphatic carboxylic acids is 1. The van der Waals surface area contributed by atoms with Crippen molar-refractivity contribution in [2.24, 2.45) is 0 Å². The Kier molecular flexibility index (Phi) is 4.47. The summed E-state index contributed by atoms with van der Waals surface area (Å²) in [4.78, 5) is 13.3. The molecule has 2 aromatic heterocycles. The van der Waals surface area contributed by atoms with Crippen LogP contribution in [0.4, 0.5) is 0 Å². The highest BCUT2D eigenvalue weighted by Gasteiger charge is 2.24. The molecule has 1 fully saturated rings. The Hall–Kier alpha value is -2.22. The number of nitrogens with zero attached hydrogens (tertiary/aromatic N) is 6. The van der Waals surface area contributed by atoms with Crippen molar-refractivity contribution in [2.75, 3.05) is 19.6 Å². The normalized spacial score (nSPS) is 19.4. The number of carboxylic acids is 1. The highest BCUT2D eigenvalue weighted by Crippen LogP contribution is 2.26. The molecular weight excluding hydrogens is 284 g/mol. The lowest BCUT2D eigenvalue weighted by Gasteiger charge is -2.32. The maximum absolute atomic E-state index is 10.9. The third kappa shape index (κ3) is 3.51. The highest BCUT2D eigenvalue weighted by molar-refractivity contribution is 5.66. The first-order chi connectivity index (χ1) is 10.7. The fourth-order valence-corrected chi connectivity index (χ4v) is 3.04. The van der Waals surface area contributed by atoms with E-state index in [4.69, 9.17) is 5.11 Å². The van der Waals surface area contributed by atoms with Crippen LogP contribution in [0.3, 0.4) is 0 Å². The van der Waals surface area contributed by atoms with Crippen LogP contribution in [0.5, 0.6) is 0 Å². The third-order valence-corrected chi connectivity index (χ3v) is 4.10. The van der Waals surface area contributed by atoms with Crippen molar-refractivity contribution in [1.29, 1.82) is 0 Å². The van der Waals surface area contributed by atoms with Crippen molar-refractivity contribution in [2.45, 2.75) is 31.8 Å². The molecule has 2 aromatic rings. The van der Waals surface area contributed by atoms with Gasteiger partial charge in [-0.2, -0.15) is 5.10 Å². The molecule has 0 spiro atoms. The van der Waals surface area contributed by atoms with Crippen LogP contribution in [0, 0.1) is 0 Å². The molecule has 0 bridgehead atoms. The van der Waals surface area contributed by atoms with E-state index in [-0.39, 0.29) is 6.54 Å². The molecule has 118 valence electrons. The van der Waals surface area contributed by atoms with Gasteiger partial charge in [0.2, 0.25) is 0 Å². The van der Waals surface area contributed by atoms with Gasteiger partial charge in [-0.1, -0.05) is 0 Å². The molecule has 3 heterocycles. The third-order valence-electron chi connectivity index (χ3n) is 4.10. The number of hydrogen-bond donors (Lipinski definition) is 1. The SMILES string of the molecule is O=C(O)Cn1nccc1[C@@H]1CCCN(CCn2cnnc2)C1. The Morgan fingerprint density at radius 3 is 2.91 bits per heavy atom. The summed E-state index contributed by atoms with van der Waals surface area (Å²) in [5, 5.41) is 20.7. The van der Waals surface area contributed by atoms with E-state index < -0.39 is 5.97 Å². The van der Waals surface area contributed by atoms with E-state index in [1.807, 2.05) is 10.6 Å². The number of carbonyl (C=O) groups is 1. The van der Waals surface area contributed by atoms with Gasteiger partial charge in [-0.15, -0.1) is 10.2 Å². The Morgan fingerprint density at radius 2 is 2.14 bits per heavy atom. The zero-order valence-electron chi connectivity index (χ0n) is 12.4. The van der Waals surface area contributed by atoms with Crippen molar-refractivity contribution >= 4 is 5.97 Å². The molecule has 8 nitrogen and oxygen atoms in total. The fourth-order valence-electron chi connectivity index (χ4n) is 3.04. The van der Waals surface area contributed by atoms with Gasteiger partial charge in [-0.05, 0) is 25.5 Å². The van der Waals surface area contributed by atoms with Gasteiger partial charge in [-0.3, -0.25) is 9.48 Å². The van der Waals surface area contributed by atoms with E-state index in [9.17, 15) is 4.79 Å². The summed E-state index contributed by atoms with van der Waals surface area (Å²) >= 11 is 0. The molecule has 1 aliphatic rings.